The van der Waals surface area contributed by atoms with Crippen molar-refractivity contribution in [1.82, 2.24) is 15.1 Å². The van der Waals surface area contributed by atoms with E-state index >= 15 is 0 Å². The van der Waals surface area contributed by atoms with E-state index in [-0.39, 0.29) is 12.5 Å². The summed E-state index contributed by atoms with van der Waals surface area (Å²) in [5.41, 5.74) is 2.24. The van der Waals surface area contributed by atoms with Crippen molar-refractivity contribution in [3.8, 4) is 5.75 Å². The maximum absolute atomic E-state index is 12.2. The molecule has 1 fully saturated rings. The van der Waals surface area contributed by atoms with Gasteiger partial charge in [-0.1, -0.05) is 42.5 Å². The van der Waals surface area contributed by atoms with E-state index in [1.165, 1.54) is 0 Å². The van der Waals surface area contributed by atoms with Gasteiger partial charge in [0.25, 0.3) is 0 Å². The van der Waals surface area contributed by atoms with Gasteiger partial charge in [0.2, 0.25) is 5.91 Å². The summed E-state index contributed by atoms with van der Waals surface area (Å²) < 4.78 is 5.69. The van der Waals surface area contributed by atoms with Gasteiger partial charge in [0, 0.05) is 39.3 Å². The number of hydrogen-bond donors (Lipinski definition) is 2. The van der Waals surface area contributed by atoms with E-state index in [0.29, 0.717) is 19.6 Å². The molecule has 29 heavy (non-hydrogen) atoms. The molecule has 0 saturated carbocycles. The molecule has 1 amide bonds. The van der Waals surface area contributed by atoms with Crippen molar-refractivity contribution >= 4 is 5.91 Å². The molecule has 0 aliphatic carbocycles. The third-order valence-electron chi connectivity index (χ3n) is 5.07. The lowest BCUT2D eigenvalue weighted by atomic mass is 10.2. The van der Waals surface area contributed by atoms with Crippen LogP contribution in [0.1, 0.15) is 11.1 Å². The van der Waals surface area contributed by atoms with Gasteiger partial charge in [0.15, 0.2) is 0 Å². The molecule has 1 unspecified atom stereocenters. The Bertz CT molecular complexity index is 761. The van der Waals surface area contributed by atoms with E-state index in [9.17, 15) is 9.90 Å². The van der Waals surface area contributed by atoms with Crippen LogP contribution >= 0.6 is 0 Å². The molecule has 6 heteroatoms. The lowest BCUT2D eigenvalue weighted by Gasteiger charge is -2.35. The van der Waals surface area contributed by atoms with E-state index in [4.69, 9.17) is 4.74 Å². The monoisotopic (exact) mass is 397 g/mol. The van der Waals surface area contributed by atoms with Gasteiger partial charge in [-0.2, -0.15) is 0 Å². The van der Waals surface area contributed by atoms with Crippen molar-refractivity contribution in [3.05, 3.63) is 65.7 Å². The van der Waals surface area contributed by atoms with Crippen LogP contribution in [0, 0.1) is 6.92 Å². The van der Waals surface area contributed by atoms with Crippen LogP contribution in [0.3, 0.4) is 0 Å². The van der Waals surface area contributed by atoms with Crippen molar-refractivity contribution < 1.29 is 14.6 Å². The molecule has 1 saturated heterocycles. The molecule has 0 aromatic heterocycles. The quantitative estimate of drug-likeness (QED) is 0.674. The van der Waals surface area contributed by atoms with Crippen LogP contribution in [0.15, 0.2) is 54.6 Å². The number of benzene rings is 2. The Hall–Kier alpha value is -2.41. The SMILES string of the molecule is Cc1cccc(OCC(O)CN2CCN(CC(=O)NCc3ccccc3)CC2)c1. The maximum Gasteiger partial charge on any atom is 0.234 e. The first-order valence-corrected chi connectivity index (χ1v) is 10.2. The first-order chi connectivity index (χ1) is 14.1. The lowest BCUT2D eigenvalue weighted by Crippen LogP contribution is -2.51. The molecule has 1 atom stereocenters. The highest BCUT2D eigenvalue weighted by molar-refractivity contribution is 5.78. The van der Waals surface area contributed by atoms with Crippen LogP contribution in [-0.2, 0) is 11.3 Å². The molecule has 0 radical (unpaired) electrons. The number of nitrogens with zero attached hydrogens (tertiary/aromatic N) is 2. The van der Waals surface area contributed by atoms with Crippen LogP contribution in [0.4, 0.5) is 0 Å². The van der Waals surface area contributed by atoms with Crippen LogP contribution in [-0.4, -0.2) is 72.8 Å². The molecule has 1 aliphatic rings. The summed E-state index contributed by atoms with van der Waals surface area (Å²) in [6.45, 7) is 7.19. The number of carbonyl (C=O) groups is 1. The number of nitrogens with one attached hydrogen (secondary N) is 1. The summed E-state index contributed by atoms with van der Waals surface area (Å²) in [5, 5.41) is 13.3. The summed E-state index contributed by atoms with van der Waals surface area (Å²) in [4.78, 5) is 16.5. The number of rotatable bonds is 9. The van der Waals surface area contributed by atoms with Crippen LogP contribution in [0.25, 0.3) is 0 Å². The van der Waals surface area contributed by atoms with Crippen molar-refractivity contribution in [2.75, 3.05) is 45.9 Å². The number of β-amino-alcohol motifs (C(OH)–C–C–N with tert-alkyl or cyclic N) is 1. The van der Waals surface area contributed by atoms with E-state index in [2.05, 4.69) is 15.1 Å². The first kappa shape index (κ1) is 21.3. The fourth-order valence-electron chi connectivity index (χ4n) is 3.43. The molecule has 156 valence electrons. The summed E-state index contributed by atoms with van der Waals surface area (Å²) in [6.07, 6.45) is -0.531. The number of aliphatic hydroxyl groups excluding tert-OH is 1. The van der Waals surface area contributed by atoms with E-state index in [1.807, 2.05) is 61.5 Å². The number of ether oxygens (including phenoxy) is 1. The van der Waals surface area contributed by atoms with Gasteiger partial charge in [-0.05, 0) is 30.2 Å². The zero-order valence-electron chi connectivity index (χ0n) is 17.1. The molecular weight excluding hydrogens is 366 g/mol. The Balaban J connectivity index is 1.31. The van der Waals surface area contributed by atoms with Gasteiger partial charge in [-0.3, -0.25) is 14.6 Å². The third kappa shape index (κ3) is 7.49. The highest BCUT2D eigenvalue weighted by atomic mass is 16.5. The molecule has 3 rings (SSSR count). The molecule has 0 bridgehead atoms. The van der Waals surface area contributed by atoms with Crippen LogP contribution in [0.2, 0.25) is 0 Å². The fraction of sp³-hybridized carbons (Fsp3) is 0.435. The smallest absolute Gasteiger partial charge is 0.234 e. The highest BCUT2D eigenvalue weighted by Crippen LogP contribution is 2.13. The Morgan fingerprint density at radius 1 is 1.07 bits per heavy atom. The first-order valence-electron chi connectivity index (χ1n) is 10.2. The van der Waals surface area contributed by atoms with Gasteiger partial charge >= 0.3 is 0 Å². The number of aryl methyl sites for hydroxylation is 1. The van der Waals surface area contributed by atoms with Crippen LogP contribution < -0.4 is 10.1 Å². The summed E-state index contributed by atoms with van der Waals surface area (Å²) in [5.74, 6) is 0.837. The molecular formula is C23H31N3O3. The minimum absolute atomic E-state index is 0.0499. The largest absolute Gasteiger partial charge is 0.491 e. The van der Waals surface area contributed by atoms with Crippen molar-refractivity contribution in [2.24, 2.45) is 0 Å². The zero-order chi connectivity index (χ0) is 20.5. The van der Waals surface area contributed by atoms with Crippen LogP contribution in [0.5, 0.6) is 5.75 Å². The van der Waals surface area contributed by atoms with E-state index in [1.54, 1.807) is 0 Å². The lowest BCUT2D eigenvalue weighted by molar-refractivity contribution is -0.122. The van der Waals surface area contributed by atoms with Gasteiger partial charge in [-0.25, -0.2) is 0 Å². The number of hydrogen-bond acceptors (Lipinski definition) is 5. The van der Waals surface area contributed by atoms with Crippen molar-refractivity contribution in [3.63, 3.8) is 0 Å². The molecule has 2 aromatic rings. The number of aliphatic hydroxyl groups is 1. The van der Waals surface area contributed by atoms with Gasteiger partial charge in [0.1, 0.15) is 18.5 Å². The molecule has 1 heterocycles. The Morgan fingerprint density at radius 2 is 1.79 bits per heavy atom. The second kappa shape index (κ2) is 11.0. The van der Waals surface area contributed by atoms with Crippen molar-refractivity contribution in [1.29, 1.82) is 0 Å². The minimum Gasteiger partial charge on any atom is -0.491 e. The average Bonchev–Trinajstić information content (AvgIpc) is 2.73. The molecule has 1 aliphatic heterocycles. The fourth-order valence-corrected chi connectivity index (χ4v) is 3.43. The topological polar surface area (TPSA) is 65.0 Å². The standard InChI is InChI=1S/C23H31N3O3/c1-19-6-5-9-22(14-19)29-18-21(27)16-25-10-12-26(13-11-25)17-23(28)24-15-20-7-3-2-4-8-20/h2-9,14,21,27H,10-13,15-18H2,1H3,(H,24,28). The Kier molecular flexibility index (Phi) is 8.04. The number of amides is 1. The Labute approximate surface area is 173 Å². The molecule has 6 nitrogen and oxygen atoms in total. The van der Waals surface area contributed by atoms with Gasteiger partial charge in [-0.15, -0.1) is 0 Å². The molecule has 2 N–H and O–H groups in total. The molecule has 2 aromatic carbocycles. The third-order valence-corrected chi connectivity index (χ3v) is 5.07. The Morgan fingerprint density at radius 3 is 2.52 bits per heavy atom. The number of piperazine rings is 1. The van der Waals surface area contributed by atoms with Gasteiger partial charge < -0.3 is 15.2 Å². The zero-order valence-corrected chi connectivity index (χ0v) is 17.1. The van der Waals surface area contributed by atoms with E-state index < -0.39 is 6.10 Å². The summed E-state index contributed by atoms with van der Waals surface area (Å²) >= 11 is 0. The predicted molar refractivity (Wildman–Crippen MR) is 114 cm³/mol. The molecule has 0 spiro atoms. The highest BCUT2D eigenvalue weighted by Gasteiger charge is 2.21. The van der Waals surface area contributed by atoms with E-state index in [0.717, 1.165) is 43.1 Å². The summed E-state index contributed by atoms with van der Waals surface area (Å²) in [7, 11) is 0. The maximum atomic E-state index is 12.2. The predicted octanol–water partition coefficient (Wildman–Crippen LogP) is 1.67. The minimum atomic E-state index is -0.531. The average molecular weight is 398 g/mol. The summed E-state index contributed by atoms with van der Waals surface area (Å²) in [6, 6.07) is 17.8. The second-order valence-corrected chi connectivity index (χ2v) is 7.62. The second-order valence-electron chi connectivity index (χ2n) is 7.62. The normalized spacial score (nSPS) is 16.3. The van der Waals surface area contributed by atoms with Gasteiger partial charge in [0.05, 0.1) is 6.54 Å². The van der Waals surface area contributed by atoms with Crippen molar-refractivity contribution in [2.45, 2.75) is 19.6 Å². The number of carbonyl (C=O) groups excluding carboxylic acids is 1.